The predicted octanol–water partition coefficient (Wildman–Crippen LogP) is 9.12. The van der Waals surface area contributed by atoms with Crippen molar-refractivity contribution in [3.05, 3.63) is 127 Å². The molecule has 6 nitrogen and oxygen atoms in total. The molecule has 3 heterocycles. The van der Waals surface area contributed by atoms with E-state index in [-0.39, 0.29) is 26.5 Å². The van der Waals surface area contributed by atoms with Gasteiger partial charge in [-0.15, -0.1) is 41.4 Å². The summed E-state index contributed by atoms with van der Waals surface area (Å²) >= 11 is 0. The van der Waals surface area contributed by atoms with Crippen LogP contribution in [-0.2, 0) is 26.5 Å². The van der Waals surface area contributed by atoms with Crippen LogP contribution in [0, 0.1) is 25.4 Å². The number of anilines is 3. The van der Waals surface area contributed by atoms with Crippen LogP contribution in [0.25, 0.3) is 32.5 Å². The van der Waals surface area contributed by atoms with E-state index >= 15 is 0 Å². The first kappa shape index (κ1) is 28.5. The van der Waals surface area contributed by atoms with Gasteiger partial charge in [-0.3, -0.25) is 4.85 Å². The van der Waals surface area contributed by atoms with Gasteiger partial charge in [0.15, 0.2) is 0 Å². The molecule has 216 valence electrons. The first-order chi connectivity index (χ1) is 20.3. The van der Waals surface area contributed by atoms with E-state index in [1.807, 2.05) is 61.2 Å². The normalized spacial score (nSPS) is 12.7. The van der Waals surface area contributed by atoms with Gasteiger partial charge in [0.1, 0.15) is 5.82 Å². The molecule has 0 atom stereocenters. The Labute approximate surface area is 266 Å². The average Bonchev–Trinajstić information content (AvgIpc) is 3.51. The zero-order chi connectivity index (χ0) is 29.0. The van der Waals surface area contributed by atoms with Crippen LogP contribution in [0.1, 0.15) is 26.3 Å². The van der Waals surface area contributed by atoms with Crippen LogP contribution in [0.4, 0.5) is 22.7 Å². The van der Waals surface area contributed by atoms with Crippen LogP contribution in [0.2, 0.25) is 0 Å². The van der Waals surface area contributed by atoms with Crippen molar-refractivity contribution in [2.45, 2.75) is 26.2 Å². The second-order valence-corrected chi connectivity index (χ2v) is 11.5. The van der Waals surface area contributed by atoms with Gasteiger partial charge in [-0.1, -0.05) is 56.6 Å². The molecule has 4 aromatic carbocycles. The molecule has 7 rings (SSSR count). The number of rotatable bonds is 4. The Hall–Kier alpha value is -4.59. The number of hydrogen-bond acceptors (Lipinski definition) is 4. The fourth-order valence-corrected chi connectivity index (χ4v) is 5.52. The van der Waals surface area contributed by atoms with Crippen LogP contribution in [0.3, 0.4) is 0 Å². The zero-order valence-corrected chi connectivity index (χ0v) is 26.5. The SMILES string of the molecule is [C-]#[N+]c1cc(Oc2[c-]c3c(cc2)c2ccccc2n3-c2cc(C(C)(C)C)ccn2)[c-]c(N2[CH-]N(C)c3ccccc32)c1.[Pt]. The van der Waals surface area contributed by atoms with E-state index in [1.54, 1.807) is 6.07 Å². The number of nitrogens with zero attached hydrogens (tertiary/aromatic N) is 5. The molecule has 43 heavy (non-hydrogen) atoms. The Balaban J connectivity index is 0.00000329. The Morgan fingerprint density at radius 1 is 0.860 bits per heavy atom. The summed E-state index contributed by atoms with van der Waals surface area (Å²) in [7, 11) is 2.00. The fraction of sp³-hybridized carbons (Fsp3) is 0.139. The zero-order valence-electron chi connectivity index (χ0n) is 24.2. The minimum Gasteiger partial charge on any atom is -0.510 e. The topological polar surface area (TPSA) is 37.9 Å². The number of fused-ring (bicyclic) bond motifs is 4. The largest absolute Gasteiger partial charge is 0.510 e. The minimum absolute atomic E-state index is 0. The maximum Gasteiger partial charge on any atom is 0.135 e. The van der Waals surface area contributed by atoms with Crippen LogP contribution in [0.5, 0.6) is 11.5 Å². The van der Waals surface area contributed by atoms with Gasteiger partial charge in [0.25, 0.3) is 0 Å². The summed E-state index contributed by atoms with van der Waals surface area (Å²) in [4.78, 5) is 12.6. The minimum atomic E-state index is -0.0159. The van der Waals surface area contributed by atoms with Crippen molar-refractivity contribution in [1.29, 1.82) is 0 Å². The van der Waals surface area contributed by atoms with Gasteiger partial charge in [-0.2, -0.15) is 12.7 Å². The molecule has 0 fully saturated rings. The molecule has 0 N–H and O–H groups in total. The van der Waals surface area contributed by atoms with Crippen molar-refractivity contribution in [1.82, 2.24) is 9.55 Å². The quantitative estimate of drug-likeness (QED) is 0.169. The summed E-state index contributed by atoms with van der Waals surface area (Å²) < 4.78 is 8.51. The molecule has 0 bridgehead atoms. The summed E-state index contributed by atoms with van der Waals surface area (Å²) in [6.07, 6.45) is 1.87. The van der Waals surface area contributed by atoms with E-state index in [0.717, 1.165) is 44.7 Å². The maximum atomic E-state index is 7.72. The van der Waals surface area contributed by atoms with Gasteiger partial charge in [0.2, 0.25) is 0 Å². The molecular formula is C36H28N5OPt-3. The third-order valence-corrected chi connectivity index (χ3v) is 7.63. The van der Waals surface area contributed by atoms with E-state index in [1.165, 1.54) is 5.56 Å². The third kappa shape index (κ3) is 5.05. The molecule has 0 saturated heterocycles. The monoisotopic (exact) mass is 741 g/mol. The van der Waals surface area contributed by atoms with E-state index in [0.29, 0.717) is 17.2 Å². The van der Waals surface area contributed by atoms with E-state index in [4.69, 9.17) is 16.3 Å². The second kappa shape index (κ2) is 10.9. The van der Waals surface area contributed by atoms with Crippen LogP contribution in [0.15, 0.2) is 91.1 Å². The second-order valence-electron chi connectivity index (χ2n) is 11.5. The van der Waals surface area contributed by atoms with Gasteiger partial charge in [-0.05, 0) is 53.7 Å². The average molecular weight is 742 g/mol. The molecule has 1 aliphatic rings. The molecule has 0 saturated carbocycles. The summed E-state index contributed by atoms with van der Waals surface area (Å²) in [6, 6.07) is 35.1. The smallest absolute Gasteiger partial charge is 0.135 e. The summed E-state index contributed by atoms with van der Waals surface area (Å²) in [5, 5.41) is 2.18. The number of para-hydroxylation sites is 3. The van der Waals surface area contributed by atoms with Crippen molar-refractivity contribution >= 4 is 44.6 Å². The third-order valence-electron chi connectivity index (χ3n) is 7.63. The van der Waals surface area contributed by atoms with Crippen LogP contribution in [-0.4, -0.2) is 16.6 Å². The molecule has 7 heteroatoms. The molecule has 0 spiro atoms. The number of benzene rings is 4. The maximum absolute atomic E-state index is 7.72. The Morgan fingerprint density at radius 3 is 2.42 bits per heavy atom. The summed E-state index contributed by atoms with van der Waals surface area (Å²) in [5.74, 6) is 1.81. The van der Waals surface area contributed by atoms with Crippen molar-refractivity contribution < 1.29 is 25.8 Å². The fourth-order valence-electron chi connectivity index (χ4n) is 5.52. The molecule has 0 amide bonds. The van der Waals surface area contributed by atoms with Gasteiger partial charge in [-0.25, -0.2) is 4.98 Å². The Bertz CT molecular complexity index is 2030. The van der Waals surface area contributed by atoms with Gasteiger partial charge < -0.3 is 19.1 Å². The molecule has 1 aliphatic heterocycles. The number of pyridine rings is 1. The number of hydrogen-bond donors (Lipinski definition) is 0. The van der Waals surface area contributed by atoms with Crippen LogP contribution >= 0.6 is 0 Å². The Morgan fingerprint density at radius 2 is 1.63 bits per heavy atom. The molecule has 0 unspecified atom stereocenters. The van der Waals surface area contributed by atoms with Gasteiger partial charge in [0.05, 0.1) is 12.3 Å². The first-order valence-electron chi connectivity index (χ1n) is 13.8. The number of ether oxygens (including phenoxy) is 1. The van der Waals surface area contributed by atoms with Crippen molar-refractivity contribution in [2.24, 2.45) is 0 Å². The van der Waals surface area contributed by atoms with Crippen molar-refractivity contribution in [2.75, 3.05) is 16.8 Å². The van der Waals surface area contributed by atoms with E-state index in [9.17, 15) is 0 Å². The van der Waals surface area contributed by atoms with Crippen molar-refractivity contribution in [3.63, 3.8) is 0 Å². The standard InChI is InChI=1S/C36H28N5O.Pt/c1-36(2,3)24-16-17-38-35(18-24)41-31-11-7-6-10-29(31)30-15-14-27(22-34(30)41)42-28-20-25(37-4)19-26(21-28)40-23-39(5)32-12-8-9-13-33(32)40;/h6-20,23H,1-3,5H3;/q-3;. The Kier molecular flexibility index (Phi) is 7.24. The molecule has 2 aromatic heterocycles. The van der Waals surface area contributed by atoms with Crippen molar-refractivity contribution in [3.8, 4) is 17.3 Å². The number of aromatic nitrogens is 2. The molecule has 0 radical (unpaired) electrons. The molecule has 0 aliphatic carbocycles. The summed E-state index contributed by atoms with van der Waals surface area (Å²) in [5.41, 5.74) is 6.41. The molecular weight excluding hydrogens is 714 g/mol. The van der Waals surface area contributed by atoms with Gasteiger partial charge >= 0.3 is 0 Å². The van der Waals surface area contributed by atoms with E-state index in [2.05, 4.69) is 89.7 Å². The summed E-state index contributed by atoms with van der Waals surface area (Å²) in [6.45, 7) is 16.3. The molecule has 6 aromatic rings. The van der Waals surface area contributed by atoms with Crippen LogP contribution < -0.4 is 14.5 Å². The first-order valence-corrected chi connectivity index (χ1v) is 13.8. The van der Waals surface area contributed by atoms with E-state index < -0.39 is 0 Å². The van der Waals surface area contributed by atoms with Gasteiger partial charge in [0, 0.05) is 55.7 Å². The predicted molar refractivity (Wildman–Crippen MR) is 169 cm³/mol.